The molecule has 2 aromatic carbocycles. The zero-order valence-corrected chi connectivity index (χ0v) is 22.3. The lowest BCUT2D eigenvalue weighted by Gasteiger charge is -2.21. The number of hydrogen-bond donors (Lipinski definition) is 10. The van der Waals surface area contributed by atoms with Gasteiger partial charge in [-0.2, -0.15) is 0 Å². The number of aromatic hydroxyl groups is 3. The Morgan fingerprint density at radius 1 is 0.837 bits per heavy atom. The summed E-state index contributed by atoms with van der Waals surface area (Å²) in [6, 6.07) is 5.36. The van der Waals surface area contributed by atoms with Crippen molar-refractivity contribution < 1.29 is 74.4 Å². The van der Waals surface area contributed by atoms with E-state index in [1.54, 1.807) is 0 Å². The summed E-state index contributed by atoms with van der Waals surface area (Å²) in [5.74, 6) is -3.09. The second-order valence-electron chi connectivity index (χ2n) is 10.2. The van der Waals surface area contributed by atoms with Crippen LogP contribution < -0.4 is 14.9 Å². The minimum absolute atomic E-state index is 0.0347. The van der Waals surface area contributed by atoms with Gasteiger partial charge in [-0.1, -0.05) is 0 Å². The van der Waals surface area contributed by atoms with Gasteiger partial charge in [0.05, 0.1) is 12.7 Å². The van der Waals surface area contributed by atoms with E-state index in [2.05, 4.69) is 0 Å². The van der Waals surface area contributed by atoms with E-state index in [9.17, 15) is 55.9 Å². The average molecular weight is 611 g/mol. The molecule has 0 saturated carbocycles. The lowest BCUT2D eigenvalue weighted by atomic mass is 10.1. The van der Waals surface area contributed by atoms with Crippen LogP contribution in [0.15, 0.2) is 39.5 Å². The Balaban J connectivity index is 1.64. The highest BCUT2D eigenvalue weighted by Crippen LogP contribution is 2.40. The van der Waals surface area contributed by atoms with Crippen LogP contribution in [0.4, 0.5) is 0 Å². The van der Waals surface area contributed by atoms with Gasteiger partial charge in [-0.05, 0) is 25.1 Å². The zero-order valence-electron chi connectivity index (χ0n) is 22.3. The van der Waals surface area contributed by atoms with Crippen LogP contribution in [-0.4, -0.2) is 119 Å². The first-order valence-corrected chi connectivity index (χ1v) is 13.0. The van der Waals surface area contributed by atoms with Crippen LogP contribution in [0.5, 0.6) is 28.7 Å². The number of phenols is 3. The Kier molecular flexibility index (Phi) is 8.41. The van der Waals surface area contributed by atoms with E-state index in [-0.39, 0.29) is 11.1 Å². The van der Waals surface area contributed by atoms with Gasteiger partial charge < -0.3 is 74.4 Å². The summed E-state index contributed by atoms with van der Waals surface area (Å²) in [4.78, 5) is 14.0. The molecule has 0 spiro atoms. The smallest absolute Gasteiger partial charge is 0.239 e. The molecular formula is C27H30O16. The van der Waals surface area contributed by atoms with Crippen LogP contribution in [0.1, 0.15) is 6.92 Å². The molecule has 16 heteroatoms. The third-order valence-electron chi connectivity index (χ3n) is 7.17. The third-order valence-corrected chi connectivity index (χ3v) is 7.17. The standard InChI is InChI=1S/C27H30O16/c1-8(29)22-18(35)20(37)26(41-22)40-15-6-10(30)5-14-16(15)17(34)25(23(39-14)9-2-3-11(31)12(32)4-9)43-27-21(38)19(36)24(42-27)13(33)7-28/h2-6,8,13,18-22,24,26-33,35-38H,7H2,1H3/t8-,13+,18-,19+,20+,21+,22-,24+,26+,27-/m0/s1. The molecule has 16 nitrogen and oxygen atoms in total. The van der Waals surface area contributed by atoms with Crippen LogP contribution in [0, 0.1) is 0 Å². The topological polar surface area (TPSA) is 269 Å². The second kappa shape index (κ2) is 11.8. The quantitative estimate of drug-likeness (QED) is 0.123. The monoisotopic (exact) mass is 610 g/mol. The molecule has 0 radical (unpaired) electrons. The van der Waals surface area contributed by atoms with Crippen molar-refractivity contribution in [3.8, 4) is 40.1 Å². The van der Waals surface area contributed by atoms with Crippen molar-refractivity contribution in [3.63, 3.8) is 0 Å². The lowest BCUT2D eigenvalue weighted by Crippen LogP contribution is -2.40. The number of ether oxygens (including phenoxy) is 4. The molecule has 3 aromatic rings. The molecule has 5 rings (SSSR count). The van der Waals surface area contributed by atoms with E-state index in [0.29, 0.717) is 0 Å². The molecule has 3 heterocycles. The van der Waals surface area contributed by atoms with E-state index in [1.165, 1.54) is 13.0 Å². The molecule has 0 bridgehead atoms. The summed E-state index contributed by atoms with van der Waals surface area (Å²) in [6.45, 7) is 0.482. The number of aliphatic hydroxyl groups excluding tert-OH is 7. The lowest BCUT2D eigenvalue weighted by molar-refractivity contribution is -0.137. The van der Waals surface area contributed by atoms with Gasteiger partial charge in [-0.3, -0.25) is 4.79 Å². The normalized spacial score (nSPS) is 30.4. The van der Waals surface area contributed by atoms with E-state index < -0.39 is 113 Å². The van der Waals surface area contributed by atoms with Gasteiger partial charge in [0.25, 0.3) is 0 Å². The summed E-state index contributed by atoms with van der Waals surface area (Å²) in [7, 11) is 0. The fourth-order valence-electron chi connectivity index (χ4n) is 4.91. The van der Waals surface area contributed by atoms with Gasteiger partial charge >= 0.3 is 0 Å². The van der Waals surface area contributed by atoms with E-state index in [1.807, 2.05) is 0 Å². The molecule has 0 unspecified atom stereocenters. The SMILES string of the molecule is C[C@H](O)[C@@H]1O[C@@H](Oc2cc(O)cc3oc(-c4ccc(O)c(O)c4)c(O[C@@H]4O[C@H]([C@H](O)CO)[C@H](O)[C@H]4O)c(=O)c23)[C@H](O)[C@@H]1O. The number of phenolic OH excluding ortho intramolecular Hbond substituents is 3. The fourth-order valence-corrected chi connectivity index (χ4v) is 4.91. The maximum atomic E-state index is 14.0. The largest absolute Gasteiger partial charge is 0.508 e. The Bertz CT molecular complexity index is 1540. The van der Waals surface area contributed by atoms with Gasteiger partial charge in [0.2, 0.25) is 23.8 Å². The van der Waals surface area contributed by atoms with Gasteiger partial charge in [-0.25, -0.2) is 0 Å². The van der Waals surface area contributed by atoms with Crippen molar-refractivity contribution in [1.29, 1.82) is 0 Å². The number of benzene rings is 2. The van der Waals surface area contributed by atoms with Crippen molar-refractivity contribution in [2.45, 2.75) is 68.3 Å². The number of fused-ring (bicyclic) bond motifs is 1. The predicted octanol–water partition coefficient (Wildman–Crippen LogP) is -2.04. The Morgan fingerprint density at radius 2 is 1.47 bits per heavy atom. The molecule has 10 atom stereocenters. The first-order chi connectivity index (χ1) is 20.3. The van der Waals surface area contributed by atoms with Gasteiger partial charge in [-0.15, -0.1) is 0 Å². The molecule has 10 N–H and O–H groups in total. The highest BCUT2D eigenvalue weighted by molar-refractivity contribution is 5.88. The Labute approximate surface area is 241 Å². The molecule has 0 amide bonds. The average Bonchev–Trinajstić information content (AvgIpc) is 3.40. The Morgan fingerprint density at radius 3 is 2.07 bits per heavy atom. The molecule has 2 saturated heterocycles. The van der Waals surface area contributed by atoms with Crippen molar-refractivity contribution in [2.24, 2.45) is 0 Å². The van der Waals surface area contributed by atoms with Crippen molar-refractivity contribution in [2.75, 3.05) is 6.61 Å². The van der Waals surface area contributed by atoms with Crippen molar-refractivity contribution in [1.82, 2.24) is 0 Å². The molecule has 0 aliphatic carbocycles. The van der Waals surface area contributed by atoms with Gasteiger partial charge in [0.15, 0.2) is 17.3 Å². The Hall–Kier alpha value is -3.71. The minimum atomic E-state index is -1.83. The van der Waals surface area contributed by atoms with Gasteiger partial charge in [0.1, 0.15) is 65.2 Å². The number of hydrogen-bond acceptors (Lipinski definition) is 16. The summed E-state index contributed by atoms with van der Waals surface area (Å²) in [5, 5.41) is 100. The van der Waals surface area contributed by atoms with Crippen LogP contribution in [0.2, 0.25) is 0 Å². The summed E-state index contributed by atoms with van der Waals surface area (Å²) >= 11 is 0. The maximum Gasteiger partial charge on any atom is 0.239 e. The maximum absolute atomic E-state index is 14.0. The van der Waals surface area contributed by atoms with Gasteiger partial charge in [0, 0.05) is 17.7 Å². The van der Waals surface area contributed by atoms with Crippen LogP contribution in [-0.2, 0) is 9.47 Å². The highest BCUT2D eigenvalue weighted by Gasteiger charge is 2.48. The van der Waals surface area contributed by atoms with Crippen molar-refractivity contribution in [3.05, 3.63) is 40.6 Å². The molecule has 234 valence electrons. The van der Waals surface area contributed by atoms with Crippen LogP contribution >= 0.6 is 0 Å². The molecule has 2 fully saturated rings. The molecule has 1 aromatic heterocycles. The number of rotatable bonds is 8. The predicted molar refractivity (Wildman–Crippen MR) is 140 cm³/mol. The molecule has 2 aliphatic rings. The molecular weight excluding hydrogens is 580 g/mol. The summed E-state index contributed by atoms with van der Waals surface area (Å²) < 4.78 is 28.0. The first kappa shape index (κ1) is 30.7. The number of aliphatic hydroxyl groups is 7. The summed E-state index contributed by atoms with van der Waals surface area (Å²) in [5.41, 5.74) is -1.36. The molecule has 2 aliphatic heterocycles. The molecule has 43 heavy (non-hydrogen) atoms. The minimum Gasteiger partial charge on any atom is -0.508 e. The van der Waals surface area contributed by atoms with Crippen LogP contribution in [0.3, 0.4) is 0 Å². The highest BCUT2D eigenvalue weighted by atomic mass is 16.7. The van der Waals surface area contributed by atoms with E-state index in [4.69, 9.17) is 23.4 Å². The second-order valence-corrected chi connectivity index (χ2v) is 10.2. The fraction of sp³-hybridized carbons (Fsp3) is 0.444. The first-order valence-electron chi connectivity index (χ1n) is 13.0. The third kappa shape index (κ3) is 5.55. The van der Waals surface area contributed by atoms with E-state index in [0.717, 1.165) is 24.3 Å². The van der Waals surface area contributed by atoms with Crippen LogP contribution in [0.25, 0.3) is 22.3 Å². The zero-order chi connectivity index (χ0) is 31.3. The van der Waals surface area contributed by atoms with E-state index >= 15 is 0 Å². The summed E-state index contributed by atoms with van der Waals surface area (Å²) in [6.07, 6.45) is -15.8. The van der Waals surface area contributed by atoms with Crippen molar-refractivity contribution >= 4 is 11.0 Å².